The van der Waals surface area contributed by atoms with Crippen LogP contribution in [0.2, 0.25) is 0 Å². The molecule has 2 rings (SSSR count). The van der Waals surface area contributed by atoms with Crippen LogP contribution in [0, 0.1) is 13.8 Å². The van der Waals surface area contributed by atoms with Crippen LogP contribution in [0.15, 0.2) is 48.5 Å². The molecular formula is C18H20O3. The largest absolute Gasteiger partial charge is 0.505 e. The van der Waals surface area contributed by atoms with Crippen molar-refractivity contribution in [2.75, 3.05) is 6.61 Å². The topological polar surface area (TPSA) is 46.5 Å². The second-order valence-corrected chi connectivity index (χ2v) is 5.16. The van der Waals surface area contributed by atoms with Crippen molar-refractivity contribution in [1.29, 1.82) is 0 Å². The maximum Gasteiger partial charge on any atom is 0.505 e. The van der Waals surface area contributed by atoms with Crippen LogP contribution in [0.4, 0.5) is 4.79 Å². The van der Waals surface area contributed by atoms with Crippen LogP contribution < -0.4 is 0 Å². The summed E-state index contributed by atoms with van der Waals surface area (Å²) in [6.45, 7) is 4.40. The molecule has 110 valence electrons. The Kier molecular flexibility index (Phi) is 4.99. The first-order chi connectivity index (χ1) is 10.1. The molecule has 1 unspecified atom stereocenters. The zero-order valence-corrected chi connectivity index (χ0v) is 12.4. The lowest BCUT2D eigenvalue weighted by Crippen LogP contribution is -2.10. The molecule has 0 aromatic heterocycles. The lowest BCUT2D eigenvalue weighted by molar-refractivity contribution is 0.0896. The summed E-state index contributed by atoms with van der Waals surface area (Å²) in [7, 11) is 0. The van der Waals surface area contributed by atoms with Gasteiger partial charge in [-0.15, -0.1) is 0 Å². The number of carboxylic acid groups (broad SMARTS) is 1. The predicted octanol–water partition coefficient (Wildman–Crippen LogP) is 4.52. The van der Waals surface area contributed by atoms with E-state index in [2.05, 4.69) is 38.1 Å². The third-order valence-corrected chi connectivity index (χ3v) is 3.86. The van der Waals surface area contributed by atoms with Gasteiger partial charge in [-0.2, -0.15) is 0 Å². The van der Waals surface area contributed by atoms with Gasteiger partial charge in [-0.3, -0.25) is 0 Å². The van der Waals surface area contributed by atoms with Crippen LogP contribution in [-0.2, 0) is 4.74 Å². The Balaban J connectivity index is 2.31. The van der Waals surface area contributed by atoms with Crippen LogP contribution in [0.25, 0.3) is 0 Å². The van der Waals surface area contributed by atoms with E-state index in [4.69, 9.17) is 9.84 Å². The highest BCUT2D eigenvalue weighted by molar-refractivity contribution is 5.56. The van der Waals surface area contributed by atoms with Gasteiger partial charge in [0.1, 0.15) is 0 Å². The fourth-order valence-electron chi connectivity index (χ4n) is 2.60. The lowest BCUT2D eigenvalue weighted by Gasteiger charge is -2.21. The van der Waals surface area contributed by atoms with Crippen LogP contribution in [0.1, 0.15) is 34.6 Å². The number of benzene rings is 2. The van der Waals surface area contributed by atoms with Crippen molar-refractivity contribution in [3.8, 4) is 0 Å². The van der Waals surface area contributed by atoms with Crippen molar-refractivity contribution in [2.45, 2.75) is 26.2 Å². The molecule has 0 amide bonds. The molecule has 1 atom stereocenters. The summed E-state index contributed by atoms with van der Waals surface area (Å²) in [6.07, 6.45) is -0.580. The molecule has 0 aliphatic carbocycles. The third-order valence-electron chi connectivity index (χ3n) is 3.86. The monoisotopic (exact) mass is 284 g/mol. The van der Waals surface area contributed by atoms with E-state index in [9.17, 15) is 4.79 Å². The van der Waals surface area contributed by atoms with E-state index in [1.165, 1.54) is 22.3 Å². The van der Waals surface area contributed by atoms with Gasteiger partial charge in [0.15, 0.2) is 0 Å². The Morgan fingerprint density at radius 2 is 1.81 bits per heavy atom. The molecule has 21 heavy (non-hydrogen) atoms. The first kappa shape index (κ1) is 15.1. The van der Waals surface area contributed by atoms with E-state index in [-0.39, 0.29) is 12.5 Å². The number of hydrogen-bond donors (Lipinski definition) is 1. The van der Waals surface area contributed by atoms with Crippen LogP contribution >= 0.6 is 0 Å². The molecule has 0 spiro atoms. The molecule has 0 radical (unpaired) electrons. The predicted molar refractivity (Wildman–Crippen MR) is 82.8 cm³/mol. The van der Waals surface area contributed by atoms with Gasteiger partial charge < -0.3 is 9.84 Å². The zero-order chi connectivity index (χ0) is 15.2. The molecule has 3 heteroatoms. The van der Waals surface area contributed by atoms with E-state index >= 15 is 0 Å². The lowest BCUT2D eigenvalue weighted by atomic mass is 9.85. The third kappa shape index (κ3) is 3.85. The second-order valence-electron chi connectivity index (χ2n) is 5.16. The number of aryl methyl sites for hydroxylation is 1. The van der Waals surface area contributed by atoms with Gasteiger partial charge in [0, 0.05) is 5.92 Å². The first-order valence-corrected chi connectivity index (χ1v) is 7.06. The number of carbonyl (C=O) groups is 1. The highest BCUT2D eigenvalue weighted by Gasteiger charge is 2.17. The molecule has 0 fully saturated rings. The molecule has 2 aromatic rings. The van der Waals surface area contributed by atoms with Crippen molar-refractivity contribution in [1.82, 2.24) is 0 Å². The van der Waals surface area contributed by atoms with Crippen molar-refractivity contribution >= 4 is 6.16 Å². The summed E-state index contributed by atoms with van der Waals surface area (Å²) in [4.78, 5) is 10.6. The molecule has 1 N–H and O–H groups in total. The fraction of sp³-hybridized carbons (Fsp3) is 0.278. The quantitative estimate of drug-likeness (QED) is 0.821. The summed E-state index contributed by atoms with van der Waals surface area (Å²) >= 11 is 0. The molecule has 0 aliphatic rings. The summed E-state index contributed by atoms with van der Waals surface area (Å²) in [5, 5.41) is 8.64. The van der Waals surface area contributed by atoms with Gasteiger partial charge in [-0.25, -0.2) is 4.79 Å². The smallest absolute Gasteiger partial charge is 0.450 e. The first-order valence-electron chi connectivity index (χ1n) is 7.06. The maximum atomic E-state index is 10.6. The minimum Gasteiger partial charge on any atom is -0.450 e. The SMILES string of the molecule is Cc1cccc(C(CCOC(=O)O)c2ccccc2)c1C. The Morgan fingerprint density at radius 3 is 2.48 bits per heavy atom. The molecule has 3 nitrogen and oxygen atoms in total. The van der Waals surface area contributed by atoms with Gasteiger partial charge >= 0.3 is 6.16 Å². The summed E-state index contributed by atoms with van der Waals surface area (Å²) < 4.78 is 4.70. The molecule has 0 saturated heterocycles. The van der Waals surface area contributed by atoms with Crippen molar-refractivity contribution in [3.05, 3.63) is 70.8 Å². The molecule has 0 saturated carbocycles. The zero-order valence-electron chi connectivity index (χ0n) is 12.4. The van der Waals surface area contributed by atoms with Crippen molar-refractivity contribution in [2.24, 2.45) is 0 Å². The fourth-order valence-corrected chi connectivity index (χ4v) is 2.60. The normalized spacial score (nSPS) is 11.9. The van der Waals surface area contributed by atoms with Crippen molar-refractivity contribution in [3.63, 3.8) is 0 Å². The van der Waals surface area contributed by atoms with Gasteiger partial charge in [-0.1, -0.05) is 48.5 Å². The number of ether oxygens (including phenoxy) is 1. The Morgan fingerprint density at radius 1 is 1.10 bits per heavy atom. The van der Waals surface area contributed by atoms with Gasteiger partial charge in [0.25, 0.3) is 0 Å². The molecule has 0 aliphatic heterocycles. The summed E-state index contributed by atoms with van der Waals surface area (Å²) in [5.74, 6) is 0.144. The second kappa shape index (κ2) is 6.93. The molecule has 0 bridgehead atoms. The van der Waals surface area contributed by atoms with Gasteiger partial charge in [-0.05, 0) is 42.5 Å². The van der Waals surface area contributed by atoms with Gasteiger partial charge in [0.2, 0.25) is 0 Å². The van der Waals surface area contributed by atoms with E-state index in [1.54, 1.807) is 0 Å². The Hall–Kier alpha value is -2.29. The highest BCUT2D eigenvalue weighted by Crippen LogP contribution is 2.31. The molecule has 2 aromatic carbocycles. The number of hydrogen-bond acceptors (Lipinski definition) is 2. The van der Waals surface area contributed by atoms with Crippen molar-refractivity contribution < 1.29 is 14.6 Å². The minimum atomic E-state index is -1.22. The van der Waals surface area contributed by atoms with Crippen LogP contribution in [-0.4, -0.2) is 17.9 Å². The minimum absolute atomic E-state index is 0.144. The number of rotatable bonds is 5. The van der Waals surface area contributed by atoms with E-state index in [0.717, 1.165) is 0 Å². The Labute approximate surface area is 125 Å². The van der Waals surface area contributed by atoms with E-state index < -0.39 is 6.16 Å². The van der Waals surface area contributed by atoms with Gasteiger partial charge in [0.05, 0.1) is 6.61 Å². The standard InChI is InChI=1S/C18H20O3/c1-13-7-6-10-16(14(13)2)17(11-12-21-18(19)20)15-8-4-3-5-9-15/h3-10,17H,11-12H2,1-2H3,(H,19,20). The highest BCUT2D eigenvalue weighted by atomic mass is 16.7. The molecular weight excluding hydrogens is 264 g/mol. The molecule has 0 heterocycles. The summed E-state index contributed by atoms with van der Waals surface area (Å²) in [5.41, 5.74) is 4.91. The van der Waals surface area contributed by atoms with E-state index in [0.29, 0.717) is 6.42 Å². The Bertz CT molecular complexity index is 605. The van der Waals surface area contributed by atoms with E-state index in [1.807, 2.05) is 24.3 Å². The maximum absolute atomic E-state index is 10.6. The summed E-state index contributed by atoms with van der Waals surface area (Å²) in [6, 6.07) is 16.4. The average Bonchev–Trinajstić information content (AvgIpc) is 2.48. The van der Waals surface area contributed by atoms with Crippen LogP contribution in [0.3, 0.4) is 0 Å². The average molecular weight is 284 g/mol. The van der Waals surface area contributed by atoms with Crippen LogP contribution in [0.5, 0.6) is 0 Å².